The van der Waals surface area contributed by atoms with Crippen molar-refractivity contribution in [3.05, 3.63) is 237 Å². The summed E-state index contributed by atoms with van der Waals surface area (Å²) in [4.78, 5) is 31.0. The fourth-order valence-electron chi connectivity index (χ4n) is 8.84. The smallest absolute Gasteiger partial charge is 0.164 e. The van der Waals surface area contributed by atoms with Crippen LogP contribution in [0.5, 0.6) is 0 Å². The quantitative estimate of drug-likeness (QED) is 0.144. The summed E-state index contributed by atoms with van der Waals surface area (Å²) in [5.41, 5.74) is 12.7. The van der Waals surface area contributed by atoms with Crippen LogP contribution in [0.4, 0.5) is 0 Å². The lowest BCUT2D eigenvalue weighted by molar-refractivity contribution is 1.07. The first-order valence-corrected chi connectivity index (χ1v) is 22.3. The van der Waals surface area contributed by atoms with E-state index in [1.165, 1.54) is 10.8 Å². The van der Waals surface area contributed by atoms with Gasteiger partial charge in [0.15, 0.2) is 34.9 Å². The molecule has 0 aliphatic carbocycles. The van der Waals surface area contributed by atoms with Crippen LogP contribution in [0.15, 0.2) is 237 Å². The van der Waals surface area contributed by atoms with Crippen LogP contribution in [0.2, 0.25) is 0 Å². The molecule has 0 aliphatic heterocycles. The van der Waals surface area contributed by atoms with Crippen molar-refractivity contribution in [1.82, 2.24) is 34.5 Å². The predicted molar refractivity (Wildman–Crippen MR) is 271 cm³/mol. The number of hydrogen-bond donors (Lipinski definition) is 0. The Morgan fingerprint density at radius 2 is 0.597 bits per heavy atom. The number of fused-ring (bicyclic) bond motifs is 3. The lowest BCUT2D eigenvalue weighted by Crippen LogP contribution is -2.03. The molecule has 12 aromatic rings. The fraction of sp³-hybridized carbons (Fsp3) is 0. The Hall–Kier alpha value is -9.20. The Kier molecular flexibility index (Phi) is 10.0. The largest absolute Gasteiger partial charge is 0.309 e. The van der Waals surface area contributed by atoms with E-state index in [9.17, 15) is 0 Å². The van der Waals surface area contributed by atoms with Crippen molar-refractivity contribution in [2.75, 3.05) is 0 Å². The molecular weight excluding hydrogens is 819 g/mol. The molecule has 0 spiro atoms. The van der Waals surface area contributed by atoms with Crippen LogP contribution in [0.25, 0.3) is 118 Å². The number of aromatic nitrogens is 7. The van der Waals surface area contributed by atoms with Gasteiger partial charge in [-0.3, -0.25) is 0 Å². The Morgan fingerprint density at radius 3 is 1.15 bits per heavy atom. The molecule has 0 atom stereocenters. The van der Waals surface area contributed by atoms with Crippen molar-refractivity contribution >= 4 is 21.8 Å². The van der Waals surface area contributed by atoms with Gasteiger partial charge in [-0.05, 0) is 52.6 Å². The van der Waals surface area contributed by atoms with E-state index in [1.807, 2.05) is 97.1 Å². The third-order valence-corrected chi connectivity index (χ3v) is 12.1. The Morgan fingerprint density at radius 1 is 0.224 bits per heavy atom. The second-order valence-corrected chi connectivity index (χ2v) is 16.3. The standard InChI is InChI=1S/C60H39N7/c1-6-18-40(19-7-1)41-30-32-45(33-31-41)58-61-55(42-20-8-2-9-21-42)63-59(64-58)47-35-36-49(46-34-37-51-50-28-16-17-29-53(50)67(54(51)39-46)48-26-14-5-15-27-48)52(38-47)60-65-56(43-22-10-3-11-23-43)62-57(66-60)44-24-12-4-13-25-44/h1-39H. The van der Waals surface area contributed by atoms with Gasteiger partial charge in [-0.2, -0.15) is 0 Å². The first kappa shape index (κ1) is 39.4. The van der Waals surface area contributed by atoms with Crippen LogP contribution in [-0.4, -0.2) is 34.5 Å². The van der Waals surface area contributed by atoms with E-state index in [4.69, 9.17) is 29.9 Å². The van der Waals surface area contributed by atoms with Gasteiger partial charge in [-0.1, -0.05) is 206 Å². The van der Waals surface area contributed by atoms with Crippen LogP contribution in [0.3, 0.4) is 0 Å². The lowest BCUT2D eigenvalue weighted by Gasteiger charge is -2.15. The van der Waals surface area contributed by atoms with E-state index >= 15 is 0 Å². The molecule has 67 heavy (non-hydrogen) atoms. The zero-order valence-corrected chi connectivity index (χ0v) is 36.1. The molecule has 7 heteroatoms. The van der Waals surface area contributed by atoms with E-state index < -0.39 is 0 Å². The summed E-state index contributed by atoms with van der Waals surface area (Å²) in [6.07, 6.45) is 0. The summed E-state index contributed by atoms with van der Waals surface area (Å²) in [5.74, 6) is 3.37. The molecule has 0 unspecified atom stereocenters. The van der Waals surface area contributed by atoms with Gasteiger partial charge < -0.3 is 4.57 Å². The van der Waals surface area contributed by atoms with E-state index in [0.717, 1.165) is 72.4 Å². The first-order valence-electron chi connectivity index (χ1n) is 22.3. The van der Waals surface area contributed by atoms with Crippen molar-refractivity contribution < 1.29 is 0 Å². The highest BCUT2D eigenvalue weighted by Crippen LogP contribution is 2.40. The number of hydrogen-bond acceptors (Lipinski definition) is 6. The van der Waals surface area contributed by atoms with Gasteiger partial charge in [0.05, 0.1) is 11.0 Å². The van der Waals surface area contributed by atoms with Crippen LogP contribution in [-0.2, 0) is 0 Å². The maximum absolute atomic E-state index is 5.27. The van der Waals surface area contributed by atoms with Gasteiger partial charge in [-0.25, -0.2) is 29.9 Å². The van der Waals surface area contributed by atoms with Crippen molar-refractivity contribution in [3.63, 3.8) is 0 Å². The number of benzene rings is 9. The highest BCUT2D eigenvalue weighted by Gasteiger charge is 2.21. The third kappa shape index (κ3) is 7.60. The molecule has 314 valence electrons. The molecule has 3 heterocycles. The van der Waals surface area contributed by atoms with Gasteiger partial charge in [-0.15, -0.1) is 0 Å². The van der Waals surface area contributed by atoms with Crippen LogP contribution in [0, 0.1) is 0 Å². The minimum absolute atomic E-state index is 0.530. The predicted octanol–water partition coefficient (Wildman–Crippen LogP) is 14.5. The van der Waals surface area contributed by atoms with E-state index in [0.29, 0.717) is 34.9 Å². The van der Waals surface area contributed by atoms with Gasteiger partial charge in [0.1, 0.15) is 0 Å². The molecule has 0 N–H and O–H groups in total. The Balaban J connectivity index is 1.09. The molecule has 12 rings (SSSR count). The molecule has 0 saturated carbocycles. The zero-order valence-electron chi connectivity index (χ0n) is 36.1. The number of para-hydroxylation sites is 2. The van der Waals surface area contributed by atoms with Gasteiger partial charge in [0.25, 0.3) is 0 Å². The fourth-order valence-corrected chi connectivity index (χ4v) is 8.84. The minimum Gasteiger partial charge on any atom is -0.309 e. The summed E-state index contributed by atoms with van der Waals surface area (Å²) in [7, 11) is 0. The topological polar surface area (TPSA) is 82.3 Å². The summed E-state index contributed by atoms with van der Waals surface area (Å²) >= 11 is 0. The van der Waals surface area contributed by atoms with Gasteiger partial charge >= 0.3 is 0 Å². The molecule has 7 nitrogen and oxygen atoms in total. The first-order chi connectivity index (χ1) is 33.2. The van der Waals surface area contributed by atoms with E-state index in [2.05, 4.69) is 144 Å². The normalized spacial score (nSPS) is 11.3. The number of rotatable bonds is 9. The second kappa shape index (κ2) is 17.1. The van der Waals surface area contributed by atoms with Crippen molar-refractivity contribution in [3.8, 4) is 96.3 Å². The monoisotopic (exact) mass is 857 g/mol. The molecule has 0 amide bonds. The molecular formula is C60H39N7. The van der Waals surface area contributed by atoms with E-state index in [-0.39, 0.29) is 0 Å². The zero-order chi connectivity index (χ0) is 44.5. The molecule has 0 aliphatic rings. The maximum atomic E-state index is 5.27. The molecule has 3 aromatic heterocycles. The average Bonchev–Trinajstić information content (AvgIpc) is 3.75. The third-order valence-electron chi connectivity index (χ3n) is 12.1. The number of nitrogens with zero attached hydrogens (tertiary/aromatic N) is 7. The molecule has 0 bridgehead atoms. The van der Waals surface area contributed by atoms with Gasteiger partial charge in [0, 0.05) is 49.8 Å². The average molecular weight is 858 g/mol. The summed E-state index contributed by atoms with van der Waals surface area (Å²) in [6, 6.07) is 81.2. The summed E-state index contributed by atoms with van der Waals surface area (Å²) in [5, 5.41) is 2.36. The van der Waals surface area contributed by atoms with Crippen LogP contribution < -0.4 is 0 Å². The van der Waals surface area contributed by atoms with Crippen molar-refractivity contribution in [2.45, 2.75) is 0 Å². The molecule has 0 radical (unpaired) electrons. The molecule has 9 aromatic carbocycles. The highest BCUT2D eigenvalue weighted by molar-refractivity contribution is 6.10. The van der Waals surface area contributed by atoms with Crippen molar-refractivity contribution in [2.24, 2.45) is 0 Å². The Bertz CT molecular complexity index is 3650. The molecule has 0 fully saturated rings. The van der Waals surface area contributed by atoms with Gasteiger partial charge in [0.2, 0.25) is 0 Å². The van der Waals surface area contributed by atoms with Crippen LogP contribution >= 0.6 is 0 Å². The maximum Gasteiger partial charge on any atom is 0.164 e. The SMILES string of the molecule is c1ccc(-c2ccc(-c3nc(-c4ccccc4)nc(-c4ccc(-c5ccc6c7ccccc7n(-c7ccccc7)c6c5)c(-c5nc(-c6ccccc6)nc(-c6ccccc6)n5)c4)n3)cc2)cc1. The minimum atomic E-state index is 0.530. The Labute approximate surface area is 387 Å². The van der Waals surface area contributed by atoms with E-state index in [1.54, 1.807) is 0 Å². The highest BCUT2D eigenvalue weighted by atomic mass is 15.0. The second-order valence-electron chi connectivity index (χ2n) is 16.3. The lowest BCUT2D eigenvalue weighted by atomic mass is 9.95. The van der Waals surface area contributed by atoms with Crippen LogP contribution in [0.1, 0.15) is 0 Å². The summed E-state index contributed by atoms with van der Waals surface area (Å²) < 4.78 is 2.34. The van der Waals surface area contributed by atoms with Crippen molar-refractivity contribution in [1.29, 1.82) is 0 Å². The summed E-state index contributed by atoms with van der Waals surface area (Å²) in [6.45, 7) is 0. The molecule has 0 saturated heterocycles.